The van der Waals surface area contributed by atoms with E-state index in [1.165, 1.54) is 4.90 Å². The van der Waals surface area contributed by atoms with E-state index in [2.05, 4.69) is 60.3 Å². The van der Waals surface area contributed by atoms with Crippen LogP contribution in [0.25, 0.3) is 0 Å². The maximum Gasteiger partial charge on any atom is 0.0353 e. The Hall–Kier alpha value is -0.0300. The maximum atomic E-state index is 5.59. The van der Waals surface area contributed by atoms with Crippen LogP contribution in [0.2, 0.25) is 0 Å². The Bertz CT molecular complexity index is 336. The van der Waals surface area contributed by atoms with Gasteiger partial charge in [0.1, 0.15) is 0 Å². The van der Waals surface area contributed by atoms with Crippen LogP contribution in [0.3, 0.4) is 0 Å². The molecule has 0 aromatic heterocycles. The van der Waals surface area contributed by atoms with E-state index in [-0.39, 0.29) is 5.41 Å². The van der Waals surface area contributed by atoms with E-state index < -0.39 is 0 Å². The van der Waals surface area contributed by atoms with Gasteiger partial charge in [-0.3, -0.25) is 11.3 Å². The average Bonchev–Trinajstić information content (AvgIpc) is 2.19. The molecule has 0 fully saturated rings. The average molecular weight is 303 g/mol. The topological polar surface area (TPSA) is 38.0 Å². The van der Waals surface area contributed by atoms with Crippen LogP contribution in [0, 0.1) is 5.41 Å². The zero-order valence-electron chi connectivity index (χ0n) is 9.96. The summed E-state index contributed by atoms with van der Waals surface area (Å²) in [6.45, 7) is 6.58. The summed E-state index contributed by atoms with van der Waals surface area (Å²) < 4.78 is 1.14. The first-order chi connectivity index (χ1) is 7.45. The fourth-order valence-electron chi connectivity index (χ4n) is 1.28. The molecule has 1 unspecified atom stereocenters. The quantitative estimate of drug-likeness (QED) is 0.508. The highest BCUT2D eigenvalue weighted by Gasteiger charge is 2.23. The summed E-state index contributed by atoms with van der Waals surface area (Å²) in [6, 6.07) is 8.55. The monoisotopic (exact) mass is 302 g/mol. The van der Waals surface area contributed by atoms with Crippen LogP contribution < -0.4 is 11.3 Å². The third kappa shape index (κ3) is 4.09. The van der Waals surface area contributed by atoms with E-state index in [0.717, 1.165) is 10.2 Å². The van der Waals surface area contributed by atoms with E-state index >= 15 is 0 Å². The van der Waals surface area contributed by atoms with E-state index in [1.54, 1.807) is 0 Å². The van der Waals surface area contributed by atoms with Crippen LogP contribution in [0.4, 0.5) is 0 Å². The fraction of sp³-hybridized carbons (Fsp3) is 0.500. The number of nitrogens with two attached hydrogens (primary N) is 1. The first-order valence-corrected chi connectivity index (χ1v) is 7.06. The first kappa shape index (κ1) is 14.0. The molecule has 0 amide bonds. The number of benzene rings is 1. The number of rotatable bonds is 4. The van der Waals surface area contributed by atoms with Gasteiger partial charge in [-0.25, -0.2) is 0 Å². The van der Waals surface area contributed by atoms with Crippen molar-refractivity contribution < 1.29 is 0 Å². The second-order valence-corrected chi connectivity index (χ2v) is 6.74. The number of hydrogen-bond donors (Lipinski definition) is 2. The smallest absolute Gasteiger partial charge is 0.0353 e. The lowest BCUT2D eigenvalue weighted by Gasteiger charge is -2.29. The van der Waals surface area contributed by atoms with E-state index in [1.807, 2.05) is 17.8 Å². The molecule has 0 aliphatic rings. The molecule has 0 saturated carbocycles. The lowest BCUT2D eigenvalue weighted by atomic mass is 9.88. The molecule has 1 rings (SSSR count). The van der Waals surface area contributed by atoms with Crippen LogP contribution in [-0.4, -0.2) is 11.8 Å². The predicted molar refractivity (Wildman–Crippen MR) is 75.4 cm³/mol. The van der Waals surface area contributed by atoms with Gasteiger partial charge in [-0.2, -0.15) is 0 Å². The van der Waals surface area contributed by atoms with Gasteiger partial charge in [0.2, 0.25) is 0 Å². The third-order valence-corrected chi connectivity index (χ3v) is 4.61. The van der Waals surface area contributed by atoms with Crippen LogP contribution in [0.15, 0.2) is 33.6 Å². The molecule has 90 valence electrons. The van der Waals surface area contributed by atoms with E-state index in [9.17, 15) is 0 Å². The Kier molecular flexibility index (Phi) is 5.31. The Labute approximate surface area is 110 Å². The summed E-state index contributed by atoms with van der Waals surface area (Å²) in [5.41, 5.74) is 3.07. The van der Waals surface area contributed by atoms with E-state index in [0.29, 0.717) is 6.04 Å². The Morgan fingerprint density at radius 2 is 2.00 bits per heavy atom. The minimum atomic E-state index is 0.170. The molecule has 0 aliphatic heterocycles. The van der Waals surface area contributed by atoms with Crippen molar-refractivity contribution in [3.05, 3.63) is 28.7 Å². The van der Waals surface area contributed by atoms with Crippen LogP contribution in [0.1, 0.15) is 20.8 Å². The predicted octanol–water partition coefficient (Wildman–Crippen LogP) is 3.42. The third-order valence-electron chi connectivity index (χ3n) is 2.49. The first-order valence-electron chi connectivity index (χ1n) is 5.28. The fourth-order valence-corrected chi connectivity index (χ4v) is 3.23. The maximum absolute atomic E-state index is 5.59. The van der Waals surface area contributed by atoms with Crippen molar-refractivity contribution in [1.82, 2.24) is 5.43 Å². The highest BCUT2D eigenvalue weighted by Crippen LogP contribution is 2.30. The van der Waals surface area contributed by atoms with Crippen LogP contribution in [-0.2, 0) is 0 Å². The van der Waals surface area contributed by atoms with Gasteiger partial charge in [0.25, 0.3) is 0 Å². The van der Waals surface area contributed by atoms with Gasteiger partial charge in [0.05, 0.1) is 0 Å². The van der Waals surface area contributed by atoms with Gasteiger partial charge in [0.15, 0.2) is 0 Å². The van der Waals surface area contributed by atoms with Crippen molar-refractivity contribution in [3.8, 4) is 0 Å². The molecule has 0 saturated heterocycles. The molecule has 16 heavy (non-hydrogen) atoms. The molecule has 1 aromatic rings. The Morgan fingerprint density at radius 1 is 1.38 bits per heavy atom. The highest BCUT2D eigenvalue weighted by molar-refractivity contribution is 9.10. The number of halogens is 1. The summed E-state index contributed by atoms with van der Waals surface area (Å²) in [5.74, 6) is 6.55. The minimum Gasteiger partial charge on any atom is -0.271 e. The Balaban J connectivity index is 2.60. The molecule has 0 spiro atoms. The molecule has 0 bridgehead atoms. The SMILES string of the molecule is CC(C)(C)C(CSc1ccccc1Br)NN. The van der Waals surface area contributed by atoms with Gasteiger partial charge in [-0.1, -0.05) is 32.9 Å². The molecule has 3 N–H and O–H groups in total. The van der Waals surface area contributed by atoms with Crippen molar-refractivity contribution >= 4 is 27.7 Å². The second-order valence-electron chi connectivity index (χ2n) is 4.83. The summed E-state index contributed by atoms with van der Waals surface area (Å²) >= 11 is 5.36. The molecule has 0 aliphatic carbocycles. The Morgan fingerprint density at radius 3 is 2.50 bits per heavy atom. The van der Waals surface area contributed by atoms with Crippen molar-refractivity contribution in [2.45, 2.75) is 31.7 Å². The van der Waals surface area contributed by atoms with E-state index in [4.69, 9.17) is 5.84 Å². The minimum absolute atomic E-state index is 0.170. The normalized spacial score (nSPS) is 13.8. The number of thioether (sulfide) groups is 1. The van der Waals surface area contributed by atoms with Crippen molar-refractivity contribution in [2.24, 2.45) is 11.3 Å². The summed E-state index contributed by atoms with van der Waals surface area (Å²) in [7, 11) is 0. The summed E-state index contributed by atoms with van der Waals surface area (Å²) in [6.07, 6.45) is 0. The van der Waals surface area contributed by atoms with Gasteiger partial charge in [-0.15, -0.1) is 11.8 Å². The van der Waals surface area contributed by atoms with Gasteiger partial charge >= 0.3 is 0 Å². The van der Waals surface area contributed by atoms with Crippen LogP contribution in [0.5, 0.6) is 0 Å². The lowest BCUT2D eigenvalue weighted by molar-refractivity contribution is 0.294. The number of hydrazine groups is 1. The largest absolute Gasteiger partial charge is 0.271 e. The van der Waals surface area contributed by atoms with Crippen LogP contribution >= 0.6 is 27.7 Å². The second kappa shape index (κ2) is 6.05. The highest BCUT2D eigenvalue weighted by atomic mass is 79.9. The molecule has 1 aromatic carbocycles. The van der Waals surface area contributed by atoms with Crippen molar-refractivity contribution in [2.75, 3.05) is 5.75 Å². The molecular formula is C12H19BrN2S. The zero-order chi connectivity index (χ0) is 12.2. The van der Waals surface area contributed by atoms with Crippen molar-refractivity contribution in [1.29, 1.82) is 0 Å². The summed E-state index contributed by atoms with van der Waals surface area (Å²) in [4.78, 5) is 1.26. The van der Waals surface area contributed by atoms with Gasteiger partial charge in [-0.05, 0) is 33.5 Å². The number of nitrogens with one attached hydrogen (secondary N) is 1. The molecule has 0 heterocycles. The van der Waals surface area contributed by atoms with Crippen molar-refractivity contribution in [3.63, 3.8) is 0 Å². The molecule has 4 heteroatoms. The zero-order valence-corrected chi connectivity index (χ0v) is 12.4. The van der Waals surface area contributed by atoms with Gasteiger partial charge in [0, 0.05) is 21.2 Å². The standard InChI is InChI=1S/C12H19BrN2S/c1-12(2,3)11(15-14)8-16-10-7-5-4-6-9(10)13/h4-7,11,15H,8,14H2,1-3H3. The molecular weight excluding hydrogens is 284 g/mol. The molecule has 2 nitrogen and oxygen atoms in total. The number of hydrogen-bond acceptors (Lipinski definition) is 3. The molecule has 1 atom stereocenters. The lowest BCUT2D eigenvalue weighted by Crippen LogP contribution is -2.46. The van der Waals surface area contributed by atoms with Gasteiger partial charge < -0.3 is 0 Å². The summed E-state index contributed by atoms with van der Waals surface area (Å²) in [5, 5.41) is 0. The molecule has 0 radical (unpaired) electrons.